The first-order valence-corrected chi connectivity index (χ1v) is 9.79. The van der Waals surface area contributed by atoms with E-state index in [2.05, 4.69) is 42.7 Å². The Balaban J connectivity index is 0.000000416. The summed E-state index contributed by atoms with van der Waals surface area (Å²) in [6.07, 6.45) is 3.81. The number of carboxylic acid groups (broad SMARTS) is 2. The van der Waals surface area contributed by atoms with Crippen LogP contribution in [0, 0.1) is 0 Å². The van der Waals surface area contributed by atoms with E-state index in [1.165, 1.54) is 10.4 Å². The molecule has 1 aromatic heterocycles. The number of aliphatic hydroxyl groups is 1. The molecule has 0 fully saturated rings. The molecule has 0 aromatic carbocycles. The minimum atomic E-state index is -1.26. The summed E-state index contributed by atoms with van der Waals surface area (Å²) in [6, 6.07) is 2.11. The zero-order valence-electron chi connectivity index (χ0n) is 16.3. The summed E-state index contributed by atoms with van der Waals surface area (Å²) in [6.45, 7) is 6.95. The lowest BCUT2D eigenvalue weighted by molar-refractivity contribution is -0.134. The molecule has 0 bridgehead atoms. The number of carboxylic acids is 2. The van der Waals surface area contributed by atoms with Crippen molar-refractivity contribution in [2.75, 3.05) is 13.2 Å². The van der Waals surface area contributed by atoms with Crippen molar-refractivity contribution >= 4 is 29.0 Å². The van der Waals surface area contributed by atoms with Crippen molar-refractivity contribution in [2.24, 2.45) is 5.16 Å². The number of aliphatic hydroxyl groups excluding tert-OH is 1. The van der Waals surface area contributed by atoms with E-state index in [4.69, 9.17) is 15.1 Å². The highest BCUT2D eigenvalue weighted by atomic mass is 32.1. The Morgan fingerprint density at radius 1 is 1.29 bits per heavy atom. The third-order valence-electron chi connectivity index (χ3n) is 3.55. The van der Waals surface area contributed by atoms with Gasteiger partial charge in [0.25, 0.3) is 0 Å². The maximum Gasteiger partial charge on any atom is 0.328 e. The summed E-state index contributed by atoms with van der Waals surface area (Å²) in [5, 5.41) is 35.0. The van der Waals surface area contributed by atoms with Crippen LogP contribution in [0.25, 0.3) is 0 Å². The van der Waals surface area contributed by atoms with Crippen molar-refractivity contribution in [3.8, 4) is 0 Å². The zero-order chi connectivity index (χ0) is 21.2. The second-order valence-corrected chi connectivity index (χ2v) is 8.24. The number of carbonyl (C=O) groups is 2. The smallest absolute Gasteiger partial charge is 0.328 e. The topological polar surface area (TPSA) is 128 Å². The number of rotatable bonds is 7. The number of aryl methyl sites for hydroxylation is 1. The fourth-order valence-electron chi connectivity index (χ4n) is 2.26. The molecular weight excluding hydrogens is 384 g/mol. The van der Waals surface area contributed by atoms with E-state index in [1.54, 1.807) is 11.3 Å². The van der Waals surface area contributed by atoms with E-state index in [0.717, 1.165) is 25.0 Å². The fraction of sp³-hybridized carbons (Fsp3) is 0.526. The van der Waals surface area contributed by atoms with Gasteiger partial charge in [-0.2, -0.15) is 0 Å². The Morgan fingerprint density at radius 2 is 1.93 bits per heavy atom. The average molecular weight is 413 g/mol. The van der Waals surface area contributed by atoms with Gasteiger partial charge >= 0.3 is 11.9 Å². The lowest BCUT2D eigenvalue weighted by Gasteiger charge is -2.22. The van der Waals surface area contributed by atoms with Crippen LogP contribution in [0.15, 0.2) is 28.8 Å². The van der Waals surface area contributed by atoms with Crippen LogP contribution < -0.4 is 5.32 Å². The molecular formula is C19H28N2O6S. The first kappa shape index (κ1) is 23.8. The second-order valence-electron chi connectivity index (χ2n) is 7.24. The predicted molar refractivity (Wildman–Crippen MR) is 108 cm³/mol. The molecule has 156 valence electrons. The molecule has 1 aromatic rings. The van der Waals surface area contributed by atoms with E-state index in [1.807, 2.05) is 0 Å². The minimum Gasteiger partial charge on any atom is -0.478 e. The molecule has 8 nitrogen and oxygen atoms in total. The van der Waals surface area contributed by atoms with Gasteiger partial charge in [0, 0.05) is 34.7 Å². The summed E-state index contributed by atoms with van der Waals surface area (Å²) in [7, 11) is 0. The third kappa shape index (κ3) is 10.2. The van der Waals surface area contributed by atoms with Crippen molar-refractivity contribution in [1.29, 1.82) is 0 Å². The number of β-amino-alcohol motifs (C(OH)–C–C–N with tert-alkyl or cyclic N) is 1. The van der Waals surface area contributed by atoms with Crippen LogP contribution >= 0.6 is 11.3 Å². The van der Waals surface area contributed by atoms with E-state index >= 15 is 0 Å². The van der Waals surface area contributed by atoms with Crippen molar-refractivity contribution < 1.29 is 29.7 Å². The Bertz CT molecular complexity index is 690. The van der Waals surface area contributed by atoms with Crippen molar-refractivity contribution in [1.82, 2.24) is 5.32 Å². The summed E-state index contributed by atoms with van der Waals surface area (Å²) in [4.78, 5) is 25.8. The molecule has 1 aliphatic carbocycles. The van der Waals surface area contributed by atoms with E-state index in [9.17, 15) is 14.7 Å². The highest BCUT2D eigenvalue weighted by Gasteiger charge is 2.17. The molecule has 0 spiro atoms. The molecule has 28 heavy (non-hydrogen) atoms. The molecule has 0 saturated carbocycles. The van der Waals surface area contributed by atoms with Gasteiger partial charge in [0.15, 0.2) is 0 Å². The maximum atomic E-state index is 9.84. The van der Waals surface area contributed by atoms with Gasteiger partial charge in [-0.15, -0.1) is 11.3 Å². The van der Waals surface area contributed by atoms with Crippen LogP contribution in [0.4, 0.5) is 0 Å². The highest BCUT2D eigenvalue weighted by molar-refractivity contribution is 7.10. The van der Waals surface area contributed by atoms with E-state index < -0.39 is 18.0 Å². The predicted octanol–water partition coefficient (Wildman–Crippen LogP) is 2.27. The van der Waals surface area contributed by atoms with Crippen LogP contribution in [0.1, 0.15) is 44.1 Å². The van der Waals surface area contributed by atoms with Gasteiger partial charge in [-0.05, 0) is 51.5 Å². The van der Waals surface area contributed by atoms with E-state index in [0.29, 0.717) is 18.7 Å². The summed E-state index contributed by atoms with van der Waals surface area (Å²) >= 11 is 1.78. The Hall–Kier alpha value is -2.23. The SMILES string of the molecule is CC(C)(C)NCC(O)CO/N=C1\CCCc2sccc21.O=C(O)/C=C\C(=O)O. The molecule has 0 amide bonds. The van der Waals surface area contributed by atoms with Crippen LogP contribution in [-0.4, -0.2) is 57.8 Å². The molecule has 1 unspecified atom stereocenters. The molecule has 4 N–H and O–H groups in total. The molecule has 1 aliphatic rings. The zero-order valence-corrected chi connectivity index (χ0v) is 17.2. The van der Waals surface area contributed by atoms with E-state index in [-0.39, 0.29) is 12.1 Å². The number of oxime groups is 1. The van der Waals surface area contributed by atoms with Gasteiger partial charge in [-0.25, -0.2) is 9.59 Å². The first-order chi connectivity index (χ1) is 13.1. The first-order valence-electron chi connectivity index (χ1n) is 8.91. The lowest BCUT2D eigenvalue weighted by atomic mass is 9.97. The minimum absolute atomic E-state index is 0.00181. The van der Waals surface area contributed by atoms with Crippen LogP contribution in [-0.2, 0) is 20.8 Å². The summed E-state index contributed by atoms with van der Waals surface area (Å²) in [5.74, 6) is -2.51. The molecule has 2 rings (SSSR count). The normalized spacial score (nSPS) is 16.2. The number of nitrogens with one attached hydrogen (secondary N) is 1. The summed E-state index contributed by atoms with van der Waals surface area (Å²) < 4.78 is 0. The molecule has 1 heterocycles. The Labute approximate surface area is 168 Å². The number of hydrogen-bond acceptors (Lipinski definition) is 7. The third-order valence-corrected chi connectivity index (χ3v) is 4.53. The van der Waals surface area contributed by atoms with Crippen LogP contribution in [0.2, 0.25) is 0 Å². The Kier molecular flexibility index (Phi) is 9.84. The molecule has 1 atom stereocenters. The Morgan fingerprint density at radius 3 is 2.50 bits per heavy atom. The number of nitrogens with zero attached hydrogens (tertiary/aromatic N) is 1. The van der Waals surface area contributed by atoms with Crippen molar-refractivity contribution in [3.63, 3.8) is 0 Å². The average Bonchev–Trinajstić information content (AvgIpc) is 3.08. The largest absolute Gasteiger partial charge is 0.478 e. The highest BCUT2D eigenvalue weighted by Crippen LogP contribution is 2.26. The number of aliphatic carboxylic acids is 2. The number of thiophene rings is 1. The van der Waals surface area contributed by atoms with Crippen molar-refractivity contribution in [3.05, 3.63) is 34.0 Å². The quantitative estimate of drug-likeness (QED) is 0.399. The lowest BCUT2D eigenvalue weighted by Crippen LogP contribution is -2.42. The van der Waals surface area contributed by atoms with Gasteiger partial charge in [0.2, 0.25) is 0 Å². The van der Waals surface area contributed by atoms with Crippen LogP contribution in [0.3, 0.4) is 0 Å². The van der Waals surface area contributed by atoms with Crippen molar-refractivity contribution in [2.45, 2.75) is 51.7 Å². The molecule has 0 aliphatic heterocycles. The van der Waals surface area contributed by atoms with Gasteiger partial charge < -0.3 is 25.5 Å². The van der Waals surface area contributed by atoms with Crippen LogP contribution in [0.5, 0.6) is 0 Å². The number of fused-ring (bicyclic) bond motifs is 1. The molecule has 9 heteroatoms. The van der Waals surface area contributed by atoms with Gasteiger partial charge in [-0.3, -0.25) is 0 Å². The van der Waals surface area contributed by atoms with Gasteiger partial charge in [0.1, 0.15) is 12.7 Å². The van der Waals surface area contributed by atoms with Gasteiger partial charge in [-0.1, -0.05) is 5.16 Å². The fourth-order valence-corrected chi connectivity index (χ4v) is 3.21. The summed E-state index contributed by atoms with van der Waals surface area (Å²) in [5.41, 5.74) is 2.24. The molecule has 0 radical (unpaired) electrons. The maximum absolute atomic E-state index is 9.84. The second kappa shape index (κ2) is 11.6. The number of hydrogen-bond donors (Lipinski definition) is 4. The van der Waals surface area contributed by atoms with Gasteiger partial charge in [0.05, 0.1) is 5.71 Å². The standard InChI is InChI=1S/C15H24N2O2S.C4H4O4/c1-15(2,3)16-9-11(18)10-19-17-13-5-4-6-14-12(13)7-8-20-14;5-3(6)1-2-4(7)8/h7-8,11,16,18H,4-6,9-10H2,1-3H3;1-2H,(H,5,6)(H,7,8)/b17-13+;2-1-. The monoisotopic (exact) mass is 412 g/mol. The molecule has 0 saturated heterocycles.